The van der Waals surface area contributed by atoms with Gasteiger partial charge in [0.2, 0.25) is 0 Å². The predicted octanol–water partition coefficient (Wildman–Crippen LogP) is 3.31. The molecule has 0 aliphatic carbocycles. The highest BCUT2D eigenvalue weighted by Crippen LogP contribution is 2.36. The lowest BCUT2D eigenvalue weighted by atomic mass is 9.94. The van der Waals surface area contributed by atoms with Gasteiger partial charge in [-0.15, -0.1) is 0 Å². The minimum absolute atomic E-state index is 0.212. The van der Waals surface area contributed by atoms with Crippen LogP contribution in [0.4, 0.5) is 10.1 Å². The van der Waals surface area contributed by atoms with E-state index in [9.17, 15) is 4.39 Å². The minimum Gasteiger partial charge on any atom is -0.369 e. The van der Waals surface area contributed by atoms with E-state index in [1.807, 2.05) is 0 Å². The molecule has 1 aromatic carbocycles. The average Bonchev–Trinajstić information content (AvgIpc) is 2.21. The lowest BCUT2D eigenvalue weighted by molar-refractivity contribution is 0.383. The molecule has 5 heteroatoms. The molecule has 2 unspecified atom stereocenters. The van der Waals surface area contributed by atoms with E-state index >= 15 is 0 Å². The third-order valence-corrected chi connectivity index (χ3v) is 3.85. The van der Waals surface area contributed by atoms with Crippen molar-refractivity contribution >= 4 is 28.9 Å². The van der Waals surface area contributed by atoms with Crippen molar-refractivity contribution < 1.29 is 4.39 Å². The zero-order valence-electron chi connectivity index (χ0n) is 9.59. The lowest BCUT2D eigenvalue weighted by Gasteiger charge is -2.37. The van der Waals surface area contributed by atoms with Crippen molar-refractivity contribution in [3.05, 3.63) is 28.0 Å². The Kier molecular flexibility index (Phi) is 3.81. The minimum atomic E-state index is -0.412. The van der Waals surface area contributed by atoms with Gasteiger partial charge in [-0.25, -0.2) is 4.39 Å². The third kappa shape index (κ3) is 2.67. The summed E-state index contributed by atoms with van der Waals surface area (Å²) in [6.45, 7) is 3.70. The van der Waals surface area contributed by atoms with E-state index in [1.165, 1.54) is 12.1 Å². The Bertz CT molecular complexity index is 402. The van der Waals surface area contributed by atoms with Crippen LogP contribution in [0, 0.1) is 11.7 Å². The highest BCUT2D eigenvalue weighted by atomic mass is 35.5. The number of rotatable bonds is 1. The molecule has 94 valence electrons. The van der Waals surface area contributed by atoms with Gasteiger partial charge in [0.1, 0.15) is 5.82 Å². The van der Waals surface area contributed by atoms with Gasteiger partial charge in [-0.3, -0.25) is 0 Å². The molecule has 1 heterocycles. The molecule has 2 nitrogen and oxygen atoms in total. The molecular weight excluding hydrogens is 262 g/mol. The Morgan fingerprint density at radius 3 is 2.47 bits per heavy atom. The van der Waals surface area contributed by atoms with E-state index in [2.05, 4.69) is 11.8 Å². The van der Waals surface area contributed by atoms with Crippen molar-refractivity contribution in [3.8, 4) is 0 Å². The van der Waals surface area contributed by atoms with Crippen molar-refractivity contribution in [3.63, 3.8) is 0 Å². The summed E-state index contributed by atoms with van der Waals surface area (Å²) in [7, 11) is 0. The molecule has 1 aromatic rings. The van der Waals surface area contributed by atoms with Crippen LogP contribution in [0.3, 0.4) is 0 Å². The second-order valence-electron chi connectivity index (χ2n) is 4.59. The molecular formula is C12H15Cl2FN2. The Hall–Kier alpha value is -0.510. The highest BCUT2D eigenvalue weighted by Gasteiger charge is 2.26. The van der Waals surface area contributed by atoms with Crippen LogP contribution in [0.1, 0.15) is 13.3 Å². The van der Waals surface area contributed by atoms with Gasteiger partial charge >= 0.3 is 0 Å². The van der Waals surface area contributed by atoms with E-state index in [0.717, 1.165) is 19.5 Å². The van der Waals surface area contributed by atoms with Gasteiger partial charge in [-0.1, -0.05) is 30.1 Å². The van der Waals surface area contributed by atoms with Crippen LogP contribution in [0.25, 0.3) is 0 Å². The monoisotopic (exact) mass is 276 g/mol. The number of nitrogens with zero attached hydrogens (tertiary/aromatic N) is 1. The molecule has 0 bridgehead atoms. The molecule has 17 heavy (non-hydrogen) atoms. The third-order valence-electron chi connectivity index (χ3n) is 3.27. The summed E-state index contributed by atoms with van der Waals surface area (Å²) >= 11 is 12.1. The summed E-state index contributed by atoms with van der Waals surface area (Å²) in [5.41, 5.74) is 6.68. The molecule has 0 aromatic heterocycles. The van der Waals surface area contributed by atoms with Crippen LogP contribution in [-0.2, 0) is 0 Å². The maximum atomic E-state index is 13.1. The first-order valence-electron chi connectivity index (χ1n) is 5.64. The van der Waals surface area contributed by atoms with E-state index in [0.29, 0.717) is 21.7 Å². The summed E-state index contributed by atoms with van der Waals surface area (Å²) in [5, 5.41) is 0.718. The number of nitrogens with two attached hydrogens (primary N) is 1. The van der Waals surface area contributed by atoms with E-state index < -0.39 is 5.82 Å². The number of hydrogen-bond donors (Lipinski definition) is 1. The Morgan fingerprint density at radius 1 is 1.35 bits per heavy atom. The predicted molar refractivity (Wildman–Crippen MR) is 70.4 cm³/mol. The first-order valence-corrected chi connectivity index (χ1v) is 6.39. The molecule has 1 saturated heterocycles. The Morgan fingerprint density at radius 2 is 1.94 bits per heavy atom. The number of halogens is 3. The topological polar surface area (TPSA) is 29.3 Å². The van der Waals surface area contributed by atoms with Crippen LogP contribution >= 0.6 is 23.2 Å². The van der Waals surface area contributed by atoms with Gasteiger partial charge in [0.05, 0.1) is 15.7 Å². The molecule has 0 spiro atoms. The summed E-state index contributed by atoms with van der Waals surface area (Å²) in [5.74, 6) is -0.0357. The Balaban J connectivity index is 2.29. The van der Waals surface area contributed by atoms with Crippen LogP contribution in [0.2, 0.25) is 10.0 Å². The molecule has 1 aliphatic rings. The summed E-state index contributed by atoms with van der Waals surface area (Å²) < 4.78 is 13.1. The lowest BCUT2D eigenvalue weighted by Crippen LogP contribution is -2.46. The van der Waals surface area contributed by atoms with Crippen molar-refractivity contribution in [2.24, 2.45) is 11.7 Å². The normalized spacial score (nSPS) is 25.1. The van der Waals surface area contributed by atoms with Crippen LogP contribution < -0.4 is 10.6 Å². The standard InChI is InChI=1S/C12H15Cl2FN2/c1-7-6-17(3-2-11(7)16)12-9(13)4-8(15)5-10(12)14/h4-5,7,11H,2-3,6,16H2,1H3. The fraction of sp³-hybridized carbons (Fsp3) is 0.500. The SMILES string of the molecule is CC1CN(c2c(Cl)cc(F)cc2Cl)CCC1N. The second-order valence-corrected chi connectivity index (χ2v) is 5.41. The maximum Gasteiger partial charge on any atom is 0.126 e. The molecule has 2 atom stereocenters. The van der Waals surface area contributed by atoms with Crippen LogP contribution in [0.5, 0.6) is 0 Å². The van der Waals surface area contributed by atoms with Gasteiger partial charge < -0.3 is 10.6 Å². The quantitative estimate of drug-likeness (QED) is 0.853. The van der Waals surface area contributed by atoms with Crippen molar-refractivity contribution in [1.82, 2.24) is 0 Å². The fourth-order valence-corrected chi connectivity index (χ4v) is 2.90. The molecule has 2 N–H and O–H groups in total. The molecule has 1 aliphatic heterocycles. The van der Waals surface area contributed by atoms with Gasteiger partial charge in [-0.05, 0) is 24.5 Å². The summed E-state index contributed by atoms with van der Waals surface area (Å²) in [6, 6.07) is 2.80. The average molecular weight is 277 g/mol. The smallest absolute Gasteiger partial charge is 0.126 e. The van der Waals surface area contributed by atoms with E-state index in [-0.39, 0.29) is 6.04 Å². The molecule has 1 fully saturated rings. The fourth-order valence-electron chi connectivity index (χ4n) is 2.20. The first kappa shape index (κ1) is 12.9. The molecule has 0 amide bonds. The van der Waals surface area contributed by atoms with Crippen molar-refractivity contribution in [1.29, 1.82) is 0 Å². The summed E-state index contributed by atoms with van der Waals surface area (Å²) in [6.07, 6.45) is 0.894. The molecule has 0 radical (unpaired) electrons. The van der Waals surface area contributed by atoms with Gasteiger partial charge in [0, 0.05) is 19.1 Å². The Labute approximate surface area is 110 Å². The maximum absolute atomic E-state index is 13.1. The van der Waals surface area contributed by atoms with Crippen molar-refractivity contribution in [2.75, 3.05) is 18.0 Å². The number of anilines is 1. The molecule has 0 saturated carbocycles. The summed E-state index contributed by atoms with van der Waals surface area (Å²) in [4.78, 5) is 2.08. The van der Waals surface area contributed by atoms with Crippen molar-refractivity contribution in [2.45, 2.75) is 19.4 Å². The first-order chi connectivity index (χ1) is 7.99. The second kappa shape index (κ2) is 5.01. The van der Waals surface area contributed by atoms with Gasteiger partial charge in [0.15, 0.2) is 0 Å². The highest BCUT2D eigenvalue weighted by molar-refractivity contribution is 6.39. The zero-order chi connectivity index (χ0) is 12.6. The van der Waals surface area contributed by atoms with E-state index in [4.69, 9.17) is 28.9 Å². The van der Waals surface area contributed by atoms with Gasteiger partial charge in [0.25, 0.3) is 0 Å². The number of hydrogen-bond acceptors (Lipinski definition) is 2. The van der Waals surface area contributed by atoms with Crippen LogP contribution in [0.15, 0.2) is 12.1 Å². The van der Waals surface area contributed by atoms with Gasteiger partial charge in [-0.2, -0.15) is 0 Å². The van der Waals surface area contributed by atoms with Crippen LogP contribution in [-0.4, -0.2) is 19.1 Å². The number of piperidine rings is 1. The van der Waals surface area contributed by atoms with E-state index in [1.54, 1.807) is 0 Å². The zero-order valence-corrected chi connectivity index (χ0v) is 11.1. The number of benzene rings is 1. The molecule has 2 rings (SSSR count). The largest absolute Gasteiger partial charge is 0.369 e.